The second-order valence-electron chi connectivity index (χ2n) is 15.1. The fourth-order valence-electron chi connectivity index (χ4n) is 8.66. The predicted molar refractivity (Wildman–Crippen MR) is 256 cm³/mol. The van der Waals surface area contributed by atoms with Gasteiger partial charge in [-0.1, -0.05) is 146 Å². The number of hydrogen-bond acceptors (Lipinski definition) is 5. The second-order valence-corrected chi connectivity index (χ2v) is 17.2. The fourth-order valence-corrected chi connectivity index (χ4v) is 11.1. The van der Waals surface area contributed by atoms with Crippen molar-refractivity contribution in [2.24, 2.45) is 0 Å². The van der Waals surface area contributed by atoms with Crippen molar-refractivity contribution < 1.29 is 0 Å². The van der Waals surface area contributed by atoms with Crippen LogP contribution in [0.5, 0.6) is 0 Å². The van der Waals surface area contributed by atoms with E-state index in [9.17, 15) is 0 Å². The molecule has 8 aromatic carbocycles. The van der Waals surface area contributed by atoms with Gasteiger partial charge in [-0.05, 0) is 81.9 Å². The van der Waals surface area contributed by atoms with Crippen LogP contribution in [-0.4, -0.2) is 15.0 Å². The van der Waals surface area contributed by atoms with E-state index in [-0.39, 0.29) is 0 Å². The van der Waals surface area contributed by atoms with E-state index in [0.29, 0.717) is 5.82 Å². The summed E-state index contributed by atoms with van der Waals surface area (Å²) in [7, 11) is 0. The molecule has 0 saturated heterocycles. The minimum atomic E-state index is 0.692. The van der Waals surface area contributed by atoms with Crippen LogP contribution in [0.15, 0.2) is 200 Å². The molecule has 12 rings (SSSR count). The van der Waals surface area contributed by atoms with Gasteiger partial charge in [-0.2, -0.15) is 0 Å². The third-order valence-corrected chi connectivity index (χ3v) is 14.0. The number of thiophene rings is 2. The third-order valence-electron chi connectivity index (χ3n) is 11.6. The van der Waals surface area contributed by atoms with Gasteiger partial charge >= 0.3 is 0 Å². The Bertz CT molecular complexity index is 3470. The number of benzene rings is 8. The first-order valence-electron chi connectivity index (χ1n) is 20.1. The van der Waals surface area contributed by atoms with Gasteiger partial charge < -0.3 is 0 Å². The molecule has 5 heteroatoms. The van der Waals surface area contributed by atoms with Crippen molar-refractivity contribution in [2.45, 2.75) is 0 Å². The number of hydrogen-bond donors (Lipinski definition) is 0. The molecule has 0 N–H and O–H groups in total. The van der Waals surface area contributed by atoms with E-state index in [1.54, 1.807) is 0 Å². The Morgan fingerprint density at radius 2 is 0.833 bits per heavy atom. The highest BCUT2D eigenvalue weighted by atomic mass is 32.1. The fraction of sp³-hybridized carbons (Fsp3) is 0. The Morgan fingerprint density at radius 3 is 1.48 bits per heavy atom. The molecule has 0 fully saturated rings. The summed E-state index contributed by atoms with van der Waals surface area (Å²) in [6, 6.07) is 69.6. The SMILES string of the molecule is c1ccc(-c2nc(-c3ccc(-c4ccnc5ccccc45)cc3)cc(-c3cc(-c4cccc5c4sc4ccccc45)cc(-c4cccc5c4sc4ccccc45)c3)n2)cc1. The van der Waals surface area contributed by atoms with Crippen LogP contribution in [0.3, 0.4) is 0 Å². The maximum Gasteiger partial charge on any atom is 0.160 e. The summed E-state index contributed by atoms with van der Waals surface area (Å²) in [6.07, 6.45) is 1.89. The van der Waals surface area contributed by atoms with Crippen LogP contribution in [0.4, 0.5) is 0 Å². The molecule has 0 aliphatic heterocycles. The Morgan fingerprint density at radius 1 is 0.317 bits per heavy atom. The van der Waals surface area contributed by atoms with E-state index in [1.165, 1.54) is 51.5 Å². The van der Waals surface area contributed by atoms with Crippen molar-refractivity contribution in [3.05, 3.63) is 200 Å². The topological polar surface area (TPSA) is 38.7 Å². The molecule has 0 amide bonds. The molecule has 0 aliphatic rings. The summed E-state index contributed by atoms with van der Waals surface area (Å²) in [5.41, 5.74) is 12.8. The number of fused-ring (bicyclic) bond motifs is 7. The lowest BCUT2D eigenvalue weighted by molar-refractivity contribution is 1.18. The number of aromatic nitrogens is 3. The molecule has 0 bridgehead atoms. The van der Waals surface area contributed by atoms with Crippen LogP contribution >= 0.6 is 22.7 Å². The molecule has 0 saturated carbocycles. The molecule has 60 heavy (non-hydrogen) atoms. The molecule has 0 atom stereocenters. The number of para-hydroxylation sites is 1. The summed E-state index contributed by atoms with van der Waals surface area (Å²) in [5, 5.41) is 6.29. The van der Waals surface area contributed by atoms with Crippen LogP contribution < -0.4 is 0 Å². The molecule has 0 spiro atoms. The Kier molecular flexibility index (Phi) is 8.22. The minimum Gasteiger partial charge on any atom is -0.256 e. The van der Waals surface area contributed by atoms with E-state index in [4.69, 9.17) is 9.97 Å². The molecule has 4 aromatic heterocycles. The maximum absolute atomic E-state index is 5.35. The van der Waals surface area contributed by atoms with Gasteiger partial charge in [0.1, 0.15) is 0 Å². The Balaban J connectivity index is 1.07. The van der Waals surface area contributed by atoms with Gasteiger partial charge in [0.2, 0.25) is 0 Å². The summed E-state index contributed by atoms with van der Waals surface area (Å²) in [6.45, 7) is 0. The molecule has 280 valence electrons. The first kappa shape index (κ1) is 34.7. The second kappa shape index (κ2) is 14.2. The van der Waals surface area contributed by atoms with Gasteiger partial charge in [0.05, 0.1) is 16.9 Å². The monoisotopic (exact) mass is 799 g/mol. The van der Waals surface area contributed by atoms with E-state index in [2.05, 4.69) is 187 Å². The highest BCUT2D eigenvalue weighted by molar-refractivity contribution is 7.26. The molecular weight excluding hydrogens is 767 g/mol. The van der Waals surface area contributed by atoms with Gasteiger partial charge in [-0.3, -0.25) is 4.98 Å². The lowest BCUT2D eigenvalue weighted by atomic mass is 9.93. The van der Waals surface area contributed by atoms with Gasteiger partial charge in [0.15, 0.2) is 5.82 Å². The molecule has 12 aromatic rings. The van der Waals surface area contributed by atoms with Gasteiger partial charge in [-0.25, -0.2) is 9.97 Å². The van der Waals surface area contributed by atoms with Crippen LogP contribution in [0.1, 0.15) is 0 Å². The van der Waals surface area contributed by atoms with Gasteiger partial charge in [-0.15, -0.1) is 22.7 Å². The van der Waals surface area contributed by atoms with Crippen LogP contribution in [-0.2, 0) is 0 Å². The largest absolute Gasteiger partial charge is 0.256 e. The van der Waals surface area contributed by atoms with Crippen molar-refractivity contribution in [2.75, 3.05) is 0 Å². The van der Waals surface area contributed by atoms with E-state index in [1.807, 2.05) is 41.0 Å². The van der Waals surface area contributed by atoms with Crippen molar-refractivity contribution in [1.29, 1.82) is 0 Å². The molecule has 0 unspecified atom stereocenters. The Hall–Kier alpha value is -7.31. The zero-order chi connectivity index (χ0) is 39.6. The van der Waals surface area contributed by atoms with Gasteiger partial charge in [0, 0.05) is 68.6 Å². The predicted octanol–water partition coefficient (Wildman–Crippen LogP) is 15.8. The molecule has 0 aliphatic carbocycles. The zero-order valence-electron chi connectivity index (χ0n) is 32.2. The average molecular weight is 800 g/mol. The minimum absolute atomic E-state index is 0.692. The third kappa shape index (κ3) is 5.90. The lowest BCUT2D eigenvalue weighted by Crippen LogP contribution is -1.96. The smallest absolute Gasteiger partial charge is 0.160 e. The van der Waals surface area contributed by atoms with E-state index < -0.39 is 0 Å². The quantitative estimate of drug-likeness (QED) is 0.168. The van der Waals surface area contributed by atoms with Crippen molar-refractivity contribution in [3.63, 3.8) is 0 Å². The highest BCUT2D eigenvalue weighted by Crippen LogP contribution is 2.45. The maximum atomic E-state index is 5.35. The summed E-state index contributed by atoms with van der Waals surface area (Å²) in [5.74, 6) is 0.692. The first-order valence-corrected chi connectivity index (χ1v) is 21.7. The molecule has 3 nitrogen and oxygen atoms in total. The van der Waals surface area contributed by atoms with E-state index >= 15 is 0 Å². The molecular formula is C55H33N3S2. The van der Waals surface area contributed by atoms with Crippen molar-refractivity contribution in [3.8, 4) is 67.3 Å². The molecule has 0 radical (unpaired) electrons. The summed E-state index contributed by atoms with van der Waals surface area (Å²) >= 11 is 3.73. The number of pyridine rings is 1. The normalized spacial score (nSPS) is 11.7. The lowest BCUT2D eigenvalue weighted by Gasteiger charge is -2.14. The summed E-state index contributed by atoms with van der Waals surface area (Å²) in [4.78, 5) is 15.2. The summed E-state index contributed by atoms with van der Waals surface area (Å²) < 4.78 is 5.17. The van der Waals surface area contributed by atoms with Crippen LogP contribution in [0.2, 0.25) is 0 Å². The highest BCUT2D eigenvalue weighted by Gasteiger charge is 2.18. The molecule has 4 heterocycles. The van der Waals surface area contributed by atoms with E-state index in [0.717, 1.165) is 61.2 Å². The van der Waals surface area contributed by atoms with Crippen molar-refractivity contribution >= 4 is 73.9 Å². The van der Waals surface area contributed by atoms with Crippen LogP contribution in [0, 0.1) is 0 Å². The Labute approximate surface area is 354 Å². The number of nitrogens with zero attached hydrogens (tertiary/aromatic N) is 3. The average Bonchev–Trinajstić information content (AvgIpc) is 3.90. The first-order chi connectivity index (χ1) is 29.7. The zero-order valence-corrected chi connectivity index (χ0v) is 33.8. The van der Waals surface area contributed by atoms with Gasteiger partial charge in [0.25, 0.3) is 0 Å². The number of rotatable bonds is 6. The van der Waals surface area contributed by atoms with Crippen LogP contribution in [0.25, 0.3) is 119 Å². The van der Waals surface area contributed by atoms with Crippen molar-refractivity contribution in [1.82, 2.24) is 15.0 Å². The standard InChI is InChI=1S/C55H33N3S2/c1-2-12-36(13-3-1)55-57-49(35-26-24-34(25-27-35)40-28-29-56-48-21-7-4-14-43(40)48)33-50(58-55)39-31-37(41-17-10-19-46-44-15-5-8-22-51(44)59-53(41)46)30-38(32-39)42-18-11-20-47-45-16-6-9-23-52(45)60-54(42)47/h1-33H.